The van der Waals surface area contributed by atoms with Gasteiger partial charge in [0.15, 0.2) is 0 Å². The topological polar surface area (TPSA) is 12.0 Å². The van der Waals surface area contributed by atoms with E-state index in [2.05, 4.69) is 47.2 Å². The van der Waals surface area contributed by atoms with Crippen LogP contribution in [0.2, 0.25) is 0 Å². The minimum Gasteiger partial charge on any atom is -0.258 e. The lowest BCUT2D eigenvalue weighted by molar-refractivity contribution is 0.148. The third-order valence-electron chi connectivity index (χ3n) is 3.02. The van der Waals surface area contributed by atoms with Crippen LogP contribution in [0.15, 0.2) is 0 Å². The molecule has 2 atom stereocenters. The summed E-state index contributed by atoms with van der Waals surface area (Å²) in [5.41, 5.74) is 0.475. The molecule has 72 valence electrons. The van der Waals surface area contributed by atoms with Gasteiger partial charge in [-0.25, -0.2) is 0 Å². The Morgan fingerprint density at radius 3 is 2.17 bits per heavy atom. The van der Waals surface area contributed by atoms with E-state index in [9.17, 15) is 0 Å². The van der Waals surface area contributed by atoms with Gasteiger partial charge in [-0.05, 0) is 24.2 Å². The normalized spacial score (nSPS) is 32.0. The summed E-state index contributed by atoms with van der Waals surface area (Å²) >= 11 is 2.31. The van der Waals surface area contributed by atoms with E-state index in [-0.39, 0.29) is 0 Å². The highest BCUT2D eigenvalue weighted by Gasteiger charge is 2.33. The SMILES string of the molecule is CC(C)(C)[C@@H]1CCCC[C@H]1NI. The third kappa shape index (κ3) is 2.59. The number of halogens is 1. The van der Waals surface area contributed by atoms with Crippen LogP contribution in [0.4, 0.5) is 0 Å². The molecule has 0 radical (unpaired) electrons. The van der Waals surface area contributed by atoms with Crippen LogP contribution in [0.1, 0.15) is 46.5 Å². The smallest absolute Gasteiger partial charge is 0.0196 e. The summed E-state index contributed by atoms with van der Waals surface area (Å²) in [5, 5.41) is 0. The van der Waals surface area contributed by atoms with Crippen LogP contribution in [0, 0.1) is 11.3 Å². The summed E-state index contributed by atoms with van der Waals surface area (Å²) in [5.74, 6) is 0.864. The molecule has 0 aliphatic heterocycles. The van der Waals surface area contributed by atoms with Crippen LogP contribution in [0.25, 0.3) is 0 Å². The van der Waals surface area contributed by atoms with Crippen molar-refractivity contribution >= 4 is 22.9 Å². The fourth-order valence-electron chi connectivity index (χ4n) is 2.30. The first-order chi connectivity index (χ1) is 5.55. The molecule has 2 heteroatoms. The molecule has 0 amide bonds. The zero-order valence-corrected chi connectivity index (χ0v) is 10.5. The van der Waals surface area contributed by atoms with Gasteiger partial charge < -0.3 is 0 Å². The Morgan fingerprint density at radius 1 is 1.17 bits per heavy atom. The summed E-state index contributed by atoms with van der Waals surface area (Å²) < 4.78 is 3.43. The van der Waals surface area contributed by atoms with E-state index in [1.807, 2.05) is 0 Å². The molecule has 0 bridgehead atoms. The lowest BCUT2D eigenvalue weighted by Gasteiger charge is -2.39. The zero-order valence-electron chi connectivity index (χ0n) is 8.36. The Morgan fingerprint density at radius 2 is 1.75 bits per heavy atom. The standard InChI is InChI=1S/C10H20IN/c1-10(2,3)8-6-4-5-7-9(8)12-11/h8-9,12H,4-7H2,1-3H3/t8-,9-/m1/s1. The van der Waals surface area contributed by atoms with Crippen LogP contribution in [0.5, 0.6) is 0 Å². The Balaban J connectivity index is 2.59. The van der Waals surface area contributed by atoms with E-state index in [1.165, 1.54) is 25.7 Å². The maximum absolute atomic E-state index is 3.43. The van der Waals surface area contributed by atoms with Crippen molar-refractivity contribution in [2.75, 3.05) is 0 Å². The molecule has 0 aromatic rings. The van der Waals surface area contributed by atoms with Crippen LogP contribution in [-0.4, -0.2) is 6.04 Å². The van der Waals surface area contributed by atoms with Gasteiger partial charge in [-0.2, -0.15) is 0 Å². The molecular weight excluding hydrogens is 261 g/mol. The molecule has 1 nitrogen and oxygen atoms in total. The van der Waals surface area contributed by atoms with Gasteiger partial charge in [0.1, 0.15) is 0 Å². The van der Waals surface area contributed by atoms with Crippen molar-refractivity contribution in [1.82, 2.24) is 3.53 Å². The summed E-state index contributed by atoms with van der Waals surface area (Å²) in [6.45, 7) is 7.10. The Labute approximate surface area is 90.2 Å². The first kappa shape index (κ1) is 10.8. The van der Waals surface area contributed by atoms with Gasteiger partial charge in [0.25, 0.3) is 0 Å². The van der Waals surface area contributed by atoms with Crippen LogP contribution in [-0.2, 0) is 0 Å². The quantitative estimate of drug-likeness (QED) is 0.572. The van der Waals surface area contributed by atoms with Crippen molar-refractivity contribution < 1.29 is 0 Å². The summed E-state index contributed by atoms with van der Waals surface area (Å²) in [6, 6.07) is 0.749. The van der Waals surface area contributed by atoms with Gasteiger partial charge in [-0.1, -0.05) is 33.6 Å². The molecule has 0 aromatic heterocycles. The van der Waals surface area contributed by atoms with Gasteiger partial charge in [-0.3, -0.25) is 3.53 Å². The molecule has 1 aliphatic carbocycles. The van der Waals surface area contributed by atoms with E-state index >= 15 is 0 Å². The van der Waals surface area contributed by atoms with Crippen LogP contribution >= 0.6 is 22.9 Å². The molecule has 0 heterocycles. The Bertz CT molecular complexity index is 139. The van der Waals surface area contributed by atoms with Crippen LogP contribution in [0.3, 0.4) is 0 Å². The van der Waals surface area contributed by atoms with Crippen molar-refractivity contribution in [3.63, 3.8) is 0 Å². The summed E-state index contributed by atoms with van der Waals surface area (Å²) in [7, 11) is 0. The maximum atomic E-state index is 3.43. The maximum Gasteiger partial charge on any atom is 0.0196 e. The minimum atomic E-state index is 0.475. The second-order valence-electron chi connectivity index (χ2n) is 4.97. The molecule has 1 saturated carbocycles. The predicted molar refractivity (Wildman–Crippen MR) is 62.4 cm³/mol. The predicted octanol–water partition coefficient (Wildman–Crippen LogP) is 3.53. The van der Waals surface area contributed by atoms with Crippen molar-refractivity contribution in [2.24, 2.45) is 11.3 Å². The molecule has 1 aliphatic rings. The molecule has 0 spiro atoms. The van der Waals surface area contributed by atoms with Crippen molar-refractivity contribution in [3.8, 4) is 0 Å². The fraction of sp³-hybridized carbons (Fsp3) is 1.00. The molecule has 1 fully saturated rings. The average molecular weight is 281 g/mol. The second kappa shape index (κ2) is 4.27. The lowest BCUT2D eigenvalue weighted by atomic mass is 9.70. The van der Waals surface area contributed by atoms with Crippen molar-refractivity contribution in [2.45, 2.75) is 52.5 Å². The van der Waals surface area contributed by atoms with Crippen LogP contribution < -0.4 is 3.53 Å². The van der Waals surface area contributed by atoms with Gasteiger partial charge in [-0.15, -0.1) is 0 Å². The Kier molecular flexibility index (Phi) is 3.83. The second-order valence-corrected chi connectivity index (χ2v) is 5.60. The van der Waals surface area contributed by atoms with E-state index in [1.54, 1.807) is 0 Å². The highest BCUT2D eigenvalue weighted by atomic mass is 127. The van der Waals surface area contributed by atoms with E-state index < -0.39 is 0 Å². The minimum absolute atomic E-state index is 0.475. The van der Waals surface area contributed by atoms with Gasteiger partial charge in [0, 0.05) is 28.9 Å². The lowest BCUT2D eigenvalue weighted by Crippen LogP contribution is -2.40. The first-order valence-electron chi connectivity index (χ1n) is 4.92. The monoisotopic (exact) mass is 281 g/mol. The molecule has 0 saturated heterocycles. The molecule has 12 heavy (non-hydrogen) atoms. The number of hydrogen-bond acceptors (Lipinski definition) is 1. The van der Waals surface area contributed by atoms with Crippen molar-refractivity contribution in [1.29, 1.82) is 0 Å². The zero-order chi connectivity index (χ0) is 9.19. The fourth-order valence-corrected chi connectivity index (χ4v) is 3.04. The first-order valence-corrected chi connectivity index (χ1v) is 5.99. The molecular formula is C10H20IN. The van der Waals surface area contributed by atoms with E-state index in [4.69, 9.17) is 0 Å². The molecule has 0 unspecified atom stereocenters. The summed E-state index contributed by atoms with van der Waals surface area (Å²) in [6.07, 6.45) is 5.61. The highest BCUT2D eigenvalue weighted by molar-refractivity contribution is 14.1. The van der Waals surface area contributed by atoms with Gasteiger partial charge in [0.2, 0.25) is 0 Å². The number of nitrogens with one attached hydrogen (secondary N) is 1. The van der Waals surface area contributed by atoms with Gasteiger partial charge in [0.05, 0.1) is 0 Å². The third-order valence-corrected chi connectivity index (χ3v) is 3.82. The number of rotatable bonds is 1. The van der Waals surface area contributed by atoms with E-state index in [0.29, 0.717) is 5.41 Å². The molecule has 1 N–H and O–H groups in total. The Hall–Kier alpha value is 0.690. The summed E-state index contributed by atoms with van der Waals surface area (Å²) in [4.78, 5) is 0. The van der Waals surface area contributed by atoms with Gasteiger partial charge >= 0.3 is 0 Å². The largest absolute Gasteiger partial charge is 0.258 e. The van der Waals surface area contributed by atoms with Crippen molar-refractivity contribution in [3.05, 3.63) is 0 Å². The number of hydrogen-bond donors (Lipinski definition) is 1. The average Bonchev–Trinajstić information content (AvgIpc) is 2.03. The molecule has 1 rings (SSSR count). The highest BCUT2D eigenvalue weighted by Crippen LogP contribution is 2.38. The van der Waals surface area contributed by atoms with E-state index in [0.717, 1.165) is 12.0 Å². The molecule has 0 aromatic carbocycles.